The molecule has 1 amide bonds. The fourth-order valence-electron chi connectivity index (χ4n) is 3.51. The van der Waals surface area contributed by atoms with Crippen molar-refractivity contribution in [2.24, 2.45) is 0 Å². The van der Waals surface area contributed by atoms with E-state index in [2.05, 4.69) is 46.9 Å². The Hall–Kier alpha value is -1.92. The van der Waals surface area contributed by atoms with Crippen molar-refractivity contribution in [2.45, 2.75) is 58.0 Å². The predicted molar refractivity (Wildman–Crippen MR) is 110 cm³/mol. The van der Waals surface area contributed by atoms with Gasteiger partial charge in [0.15, 0.2) is 5.69 Å². The van der Waals surface area contributed by atoms with Crippen LogP contribution in [0.4, 0.5) is 0 Å². The summed E-state index contributed by atoms with van der Waals surface area (Å²) in [5.74, 6) is -0.154. The van der Waals surface area contributed by atoms with Gasteiger partial charge in [-0.25, -0.2) is 4.68 Å². The van der Waals surface area contributed by atoms with Gasteiger partial charge in [0.25, 0.3) is 5.91 Å². The van der Waals surface area contributed by atoms with Gasteiger partial charge in [0.05, 0.1) is 11.7 Å². The van der Waals surface area contributed by atoms with E-state index in [0.29, 0.717) is 11.7 Å². The Bertz CT molecular complexity index is 753. The molecule has 1 aromatic carbocycles. The number of carbonyl (C=O) groups is 1. The van der Waals surface area contributed by atoms with Crippen LogP contribution in [0.5, 0.6) is 0 Å². The number of piperidine rings is 1. The third-order valence-electron chi connectivity index (χ3n) is 5.75. The fourth-order valence-corrected chi connectivity index (χ4v) is 3.51. The normalized spacial score (nSPS) is 16.4. The fraction of sp³-hybridized carbons (Fsp3) is 0.550. The van der Waals surface area contributed by atoms with Crippen LogP contribution in [-0.4, -0.2) is 40.0 Å². The van der Waals surface area contributed by atoms with Gasteiger partial charge in [-0.1, -0.05) is 49.4 Å². The lowest BCUT2D eigenvalue weighted by molar-refractivity contribution is 0.0918. The second kappa shape index (κ2) is 8.85. The third kappa shape index (κ3) is 4.50. The first-order valence-electron chi connectivity index (χ1n) is 9.40. The van der Waals surface area contributed by atoms with Crippen molar-refractivity contribution >= 4 is 18.3 Å². The monoisotopic (exact) mass is 391 g/mol. The van der Waals surface area contributed by atoms with Gasteiger partial charge in [-0.05, 0) is 45.3 Å². The molecule has 2 heterocycles. The van der Waals surface area contributed by atoms with Crippen LogP contribution in [0.2, 0.25) is 0 Å². The minimum Gasteiger partial charge on any atom is -0.347 e. The molecule has 3 rings (SSSR count). The maximum atomic E-state index is 12.8. The second-order valence-electron chi connectivity index (χ2n) is 7.73. The molecule has 1 fully saturated rings. The molecular weight excluding hydrogens is 362 g/mol. The van der Waals surface area contributed by atoms with Crippen molar-refractivity contribution in [2.75, 3.05) is 13.1 Å². The van der Waals surface area contributed by atoms with Gasteiger partial charge in [0, 0.05) is 11.5 Å². The Morgan fingerprint density at radius 2 is 1.89 bits per heavy atom. The Labute approximate surface area is 167 Å². The summed E-state index contributed by atoms with van der Waals surface area (Å²) < 4.78 is 1.92. The number of benzene rings is 1. The van der Waals surface area contributed by atoms with E-state index in [0.717, 1.165) is 31.6 Å². The van der Waals surface area contributed by atoms with Crippen LogP contribution in [0.25, 0.3) is 0 Å². The van der Waals surface area contributed by atoms with Crippen LogP contribution >= 0.6 is 12.4 Å². The second-order valence-corrected chi connectivity index (χ2v) is 7.73. The average molecular weight is 392 g/mol. The van der Waals surface area contributed by atoms with Gasteiger partial charge >= 0.3 is 0 Å². The zero-order chi connectivity index (χ0) is 18.7. The molecular formula is C20H30ClN5O. The average Bonchev–Trinajstić information content (AvgIpc) is 3.04. The molecule has 27 heavy (non-hydrogen) atoms. The standard InChI is InChI=1S/C20H29N5O.ClH/c1-14-18(23-24-25(14)17-10-12-21-13-11-17)19(26)22-15(2)20(3,4)16-8-6-5-7-9-16;/h5-9,15,17,21H,10-13H2,1-4H3,(H,22,26);1H. The number of rotatable bonds is 5. The number of carbonyl (C=O) groups excluding carboxylic acids is 1. The Morgan fingerprint density at radius 1 is 1.26 bits per heavy atom. The van der Waals surface area contributed by atoms with Crippen LogP contribution in [0.1, 0.15) is 61.4 Å². The quantitative estimate of drug-likeness (QED) is 0.821. The van der Waals surface area contributed by atoms with E-state index in [4.69, 9.17) is 0 Å². The van der Waals surface area contributed by atoms with Crippen molar-refractivity contribution in [3.63, 3.8) is 0 Å². The van der Waals surface area contributed by atoms with E-state index >= 15 is 0 Å². The summed E-state index contributed by atoms with van der Waals surface area (Å²) in [6, 6.07) is 10.5. The van der Waals surface area contributed by atoms with E-state index in [1.807, 2.05) is 36.7 Å². The molecule has 1 aromatic heterocycles. The number of nitrogens with zero attached hydrogens (tertiary/aromatic N) is 3. The summed E-state index contributed by atoms with van der Waals surface area (Å²) in [7, 11) is 0. The van der Waals surface area contributed by atoms with Crippen LogP contribution < -0.4 is 10.6 Å². The highest BCUT2D eigenvalue weighted by Gasteiger charge is 2.31. The Balaban J connectivity index is 0.00000261. The van der Waals surface area contributed by atoms with Gasteiger partial charge in [0.1, 0.15) is 0 Å². The third-order valence-corrected chi connectivity index (χ3v) is 5.75. The van der Waals surface area contributed by atoms with E-state index in [9.17, 15) is 4.79 Å². The lowest BCUT2D eigenvalue weighted by Gasteiger charge is -2.33. The molecule has 1 saturated heterocycles. The van der Waals surface area contributed by atoms with Gasteiger partial charge in [0.2, 0.25) is 0 Å². The summed E-state index contributed by atoms with van der Waals surface area (Å²) in [4.78, 5) is 12.8. The molecule has 148 valence electrons. The highest BCUT2D eigenvalue weighted by Crippen LogP contribution is 2.27. The predicted octanol–water partition coefficient (Wildman–Crippen LogP) is 3.03. The lowest BCUT2D eigenvalue weighted by atomic mass is 9.78. The van der Waals surface area contributed by atoms with Gasteiger partial charge in [-0.3, -0.25) is 4.79 Å². The zero-order valence-corrected chi connectivity index (χ0v) is 17.3. The molecule has 2 N–H and O–H groups in total. The highest BCUT2D eigenvalue weighted by atomic mass is 35.5. The molecule has 0 bridgehead atoms. The first-order chi connectivity index (χ1) is 12.4. The number of amides is 1. The Kier molecular flexibility index (Phi) is 7.00. The number of nitrogens with one attached hydrogen (secondary N) is 2. The molecule has 6 nitrogen and oxygen atoms in total. The van der Waals surface area contributed by atoms with Gasteiger partial charge < -0.3 is 10.6 Å². The highest BCUT2D eigenvalue weighted by molar-refractivity contribution is 5.93. The number of hydrogen-bond acceptors (Lipinski definition) is 4. The van der Waals surface area contributed by atoms with Crippen molar-refractivity contribution in [3.05, 3.63) is 47.3 Å². The van der Waals surface area contributed by atoms with E-state index < -0.39 is 0 Å². The summed E-state index contributed by atoms with van der Waals surface area (Å²) in [5, 5.41) is 14.9. The van der Waals surface area contributed by atoms with Crippen LogP contribution in [-0.2, 0) is 5.41 Å². The molecule has 7 heteroatoms. The van der Waals surface area contributed by atoms with E-state index in [1.165, 1.54) is 5.56 Å². The van der Waals surface area contributed by atoms with Crippen molar-refractivity contribution < 1.29 is 4.79 Å². The van der Waals surface area contributed by atoms with Crippen molar-refractivity contribution in [1.82, 2.24) is 25.6 Å². The molecule has 1 aliphatic heterocycles. The molecule has 0 saturated carbocycles. The SMILES string of the molecule is Cc1c(C(=O)NC(C)C(C)(C)c2ccccc2)nnn1C1CCNCC1.Cl. The first kappa shape index (κ1) is 21.4. The van der Waals surface area contributed by atoms with Crippen LogP contribution in [0, 0.1) is 6.92 Å². The maximum Gasteiger partial charge on any atom is 0.273 e. The summed E-state index contributed by atoms with van der Waals surface area (Å²) in [6.45, 7) is 10.2. The molecule has 1 aliphatic rings. The maximum absolute atomic E-state index is 12.8. The first-order valence-corrected chi connectivity index (χ1v) is 9.40. The summed E-state index contributed by atoms with van der Waals surface area (Å²) >= 11 is 0. The summed E-state index contributed by atoms with van der Waals surface area (Å²) in [6.07, 6.45) is 2.03. The van der Waals surface area contributed by atoms with Gasteiger partial charge in [-0.2, -0.15) is 0 Å². The minimum absolute atomic E-state index is 0. The van der Waals surface area contributed by atoms with Gasteiger partial charge in [-0.15, -0.1) is 17.5 Å². The Morgan fingerprint density at radius 3 is 2.52 bits per heavy atom. The molecule has 1 atom stereocenters. The molecule has 0 spiro atoms. The minimum atomic E-state index is -0.185. The van der Waals surface area contributed by atoms with E-state index in [-0.39, 0.29) is 29.8 Å². The van der Waals surface area contributed by atoms with Crippen LogP contribution in [0.3, 0.4) is 0 Å². The number of aromatic nitrogens is 3. The molecule has 1 unspecified atom stereocenters. The lowest BCUT2D eigenvalue weighted by Crippen LogP contribution is -2.45. The number of halogens is 1. The molecule has 0 radical (unpaired) electrons. The number of hydrogen-bond donors (Lipinski definition) is 2. The zero-order valence-electron chi connectivity index (χ0n) is 16.5. The smallest absolute Gasteiger partial charge is 0.273 e. The van der Waals surface area contributed by atoms with Crippen molar-refractivity contribution in [1.29, 1.82) is 0 Å². The topological polar surface area (TPSA) is 71.8 Å². The van der Waals surface area contributed by atoms with E-state index in [1.54, 1.807) is 0 Å². The largest absolute Gasteiger partial charge is 0.347 e. The van der Waals surface area contributed by atoms with Crippen molar-refractivity contribution in [3.8, 4) is 0 Å². The molecule has 2 aromatic rings. The molecule has 0 aliphatic carbocycles. The van der Waals surface area contributed by atoms with Crippen LogP contribution in [0.15, 0.2) is 30.3 Å². The summed E-state index contributed by atoms with van der Waals surface area (Å²) in [5.41, 5.74) is 2.29.